The lowest BCUT2D eigenvalue weighted by atomic mass is 10.2. The minimum Gasteiger partial charge on any atom is -0.358 e. The first-order chi connectivity index (χ1) is 6.97. The van der Waals surface area contributed by atoms with Crippen molar-refractivity contribution >= 4 is 5.82 Å². The molecule has 1 heterocycles. The first-order valence-electron chi connectivity index (χ1n) is 3.79. The van der Waals surface area contributed by atoms with Crippen LogP contribution in [0.2, 0.25) is 0 Å². The average Bonchev–Trinajstić information content (AvgIpc) is 2.16. The summed E-state index contributed by atoms with van der Waals surface area (Å²) in [5, 5.41) is 10.3. The van der Waals surface area contributed by atoms with E-state index in [0.717, 1.165) is 0 Å². The zero-order valence-corrected chi connectivity index (χ0v) is 7.28. The smallest absolute Gasteiger partial charge is 0.358 e. The fraction of sp³-hybridized carbons (Fsp3) is 0.286. The molecule has 15 heavy (non-hydrogen) atoms. The van der Waals surface area contributed by atoms with Crippen LogP contribution in [0.5, 0.6) is 0 Å². The topological polar surface area (TPSA) is 82.0 Å². The highest BCUT2D eigenvalue weighted by atomic mass is 19.3. The van der Waals surface area contributed by atoms with Gasteiger partial charge in [-0.05, 0) is 16.0 Å². The zero-order valence-electron chi connectivity index (χ0n) is 7.28. The molecule has 5 nitrogen and oxygen atoms in total. The summed E-state index contributed by atoms with van der Waals surface area (Å²) in [6, 6.07) is 0.658. The SMILES string of the molecule is NCc1cc(C(F)F)c(F)nc1[N+](=O)[O-]. The van der Waals surface area contributed by atoms with Crippen LogP contribution < -0.4 is 5.73 Å². The number of halogens is 3. The number of pyridine rings is 1. The van der Waals surface area contributed by atoms with E-state index in [2.05, 4.69) is 4.98 Å². The van der Waals surface area contributed by atoms with Gasteiger partial charge in [0.2, 0.25) is 0 Å². The first-order valence-corrected chi connectivity index (χ1v) is 3.79. The van der Waals surface area contributed by atoms with Crippen molar-refractivity contribution in [3.63, 3.8) is 0 Å². The molecular weight excluding hydrogens is 215 g/mol. The molecule has 0 atom stereocenters. The van der Waals surface area contributed by atoms with Gasteiger partial charge >= 0.3 is 11.8 Å². The Morgan fingerprint density at radius 1 is 1.60 bits per heavy atom. The lowest BCUT2D eigenvalue weighted by Gasteiger charge is -2.02. The maximum atomic E-state index is 12.8. The summed E-state index contributed by atoms with van der Waals surface area (Å²) >= 11 is 0. The van der Waals surface area contributed by atoms with Crippen LogP contribution in [0.15, 0.2) is 6.07 Å². The second-order valence-corrected chi connectivity index (χ2v) is 2.61. The van der Waals surface area contributed by atoms with Gasteiger partial charge in [-0.2, -0.15) is 4.39 Å². The minimum atomic E-state index is -3.08. The molecule has 0 aliphatic rings. The molecule has 0 aromatic carbocycles. The predicted octanol–water partition coefficient (Wildman–Crippen LogP) is 1.53. The third-order valence-corrected chi connectivity index (χ3v) is 1.69. The van der Waals surface area contributed by atoms with Crippen molar-refractivity contribution in [1.29, 1.82) is 0 Å². The van der Waals surface area contributed by atoms with Gasteiger partial charge in [-0.3, -0.25) is 0 Å². The monoisotopic (exact) mass is 221 g/mol. The van der Waals surface area contributed by atoms with E-state index in [9.17, 15) is 23.3 Å². The van der Waals surface area contributed by atoms with Gasteiger partial charge in [0, 0.05) is 6.54 Å². The number of rotatable bonds is 3. The predicted molar refractivity (Wildman–Crippen MR) is 43.7 cm³/mol. The van der Waals surface area contributed by atoms with E-state index in [1.807, 2.05) is 0 Å². The number of nitrogens with zero attached hydrogens (tertiary/aromatic N) is 2. The van der Waals surface area contributed by atoms with E-state index in [-0.39, 0.29) is 12.1 Å². The van der Waals surface area contributed by atoms with Gasteiger partial charge in [0.1, 0.15) is 0 Å². The molecule has 0 saturated carbocycles. The summed E-state index contributed by atoms with van der Waals surface area (Å²) < 4.78 is 37.2. The largest absolute Gasteiger partial charge is 0.371 e. The van der Waals surface area contributed by atoms with Crippen molar-refractivity contribution < 1.29 is 18.1 Å². The second-order valence-electron chi connectivity index (χ2n) is 2.61. The Morgan fingerprint density at radius 2 is 2.20 bits per heavy atom. The molecule has 0 radical (unpaired) electrons. The summed E-state index contributed by atoms with van der Waals surface area (Å²) in [6.07, 6.45) is -3.08. The second kappa shape index (κ2) is 4.22. The number of alkyl halides is 2. The Labute approximate surface area is 81.9 Å². The van der Waals surface area contributed by atoms with Crippen molar-refractivity contribution in [3.05, 3.63) is 33.3 Å². The van der Waals surface area contributed by atoms with Crippen LogP contribution in [-0.2, 0) is 6.54 Å². The van der Waals surface area contributed by atoms with Crippen molar-refractivity contribution in [3.8, 4) is 0 Å². The maximum Gasteiger partial charge on any atom is 0.371 e. The van der Waals surface area contributed by atoms with Crippen LogP contribution in [0.4, 0.5) is 19.0 Å². The van der Waals surface area contributed by atoms with E-state index in [0.29, 0.717) is 6.07 Å². The maximum absolute atomic E-state index is 12.8. The van der Waals surface area contributed by atoms with Crippen molar-refractivity contribution in [2.45, 2.75) is 13.0 Å². The molecule has 0 aliphatic carbocycles. The van der Waals surface area contributed by atoms with Crippen LogP contribution in [0.3, 0.4) is 0 Å². The number of hydrogen-bond acceptors (Lipinski definition) is 4. The summed E-state index contributed by atoms with van der Waals surface area (Å²) in [5.41, 5.74) is 3.89. The molecule has 82 valence electrons. The van der Waals surface area contributed by atoms with Gasteiger partial charge in [0.15, 0.2) is 0 Å². The first kappa shape index (κ1) is 11.4. The average molecular weight is 221 g/mol. The van der Waals surface area contributed by atoms with Crippen LogP contribution in [-0.4, -0.2) is 9.91 Å². The molecule has 8 heteroatoms. The van der Waals surface area contributed by atoms with Crippen molar-refractivity contribution in [2.24, 2.45) is 5.73 Å². The quantitative estimate of drug-likeness (QED) is 0.476. The Balaban J connectivity index is 3.35. The molecule has 0 bridgehead atoms. The van der Waals surface area contributed by atoms with Crippen LogP contribution in [0.25, 0.3) is 0 Å². The Kier molecular flexibility index (Phi) is 3.20. The third-order valence-electron chi connectivity index (χ3n) is 1.69. The molecule has 1 aromatic rings. The normalized spacial score (nSPS) is 10.7. The molecule has 0 spiro atoms. The van der Waals surface area contributed by atoms with E-state index in [4.69, 9.17) is 5.73 Å². The molecule has 0 unspecified atom stereocenters. The van der Waals surface area contributed by atoms with E-state index < -0.39 is 28.7 Å². The highest BCUT2D eigenvalue weighted by molar-refractivity contribution is 5.36. The Bertz CT molecular complexity index is 397. The highest BCUT2D eigenvalue weighted by Crippen LogP contribution is 2.25. The highest BCUT2D eigenvalue weighted by Gasteiger charge is 2.25. The van der Waals surface area contributed by atoms with Crippen LogP contribution in [0.1, 0.15) is 17.6 Å². The van der Waals surface area contributed by atoms with Crippen LogP contribution in [0, 0.1) is 16.1 Å². The van der Waals surface area contributed by atoms with Gasteiger partial charge < -0.3 is 15.8 Å². The molecule has 1 aromatic heterocycles. The lowest BCUT2D eigenvalue weighted by molar-refractivity contribution is -0.390. The van der Waals surface area contributed by atoms with Crippen molar-refractivity contribution in [1.82, 2.24) is 4.98 Å². The minimum absolute atomic E-state index is 0.225. The summed E-state index contributed by atoms with van der Waals surface area (Å²) in [5.74, 6) is -2.38. The van der Waals surface area contributed by atoms with E-state index >= 15 is 0 Å². The molecule has 0 aliphatic heterocycles. The summed E-state index contributed by atoms with van der Waals surface area (Å²) in [4.78, 5) is 12.2. The third kappa shape index (κ3) is 2.21. The molecule has 0 fully saturated rings. The Hall–Kier alpha value is -1.70. The number of aromatic nitrogens is 1. The standard InChI is InChI=1S/C7H6F3N3O2/c8-5(9)4-1-3(2-11)7(13(14)15)12-6(4)10/h1,5H,2,11H2. The number of hydrogen-bond donors (Lipinski definition) is 1. The summed E-state index contributed by atoms with van der Waals surface area (Å²) in [6.45, 7) is -0.358. The van der Waals surface area contributed by atoms with Gasteiger partial charge in [-0.1, -0.05) is 0 Å². The fourth-order valence-corrected chi connectivity index (χ4v) is 1.00. The lowest BCUT2D eigenvalue weighted by Crippen LogP contribution is -2.08. The van der Waals surface area contributed by atoms with Crippen molar-refractivity contribution in [2.75, 3.05) is 0 Å². The molecular formula is C7H6F3N3O2. The van der Waals surface area contributed by atoms with E-state index in [1.165, 1.54) is 0 Å². The van der Waals surface area contributed by atoms with Gasteiger partial charge in [-0.25, -0.2) is 8.78 Å². The van der Waals surface area contributed by atoms with E-state index in [1.54, 1.807) is 0 Å². The Morgan fingerprint density at radius 3 is 2.60 bits per heavy atom. The molecule has 0 saturated heterocycles. The number of nitrogens with two attached hydrogens (primary N) is 1. The molecule has 1 rings (SSSR count). The van der Waals surface area contributed by atoms with Gasteiger partial charge in [0.25, 0.3) is 6.43 Å². The summed E-state index contributed by atoms with van der Waals surface area (Å²) in [7, 11) is 0. The zero-order chi connectivity index (χ0) is 11.6. The fourth-order valence-electron chi connectivity index (χ4n) is 1.00. The molecule has 2 N–H and O–H groups in total. The number of nitro groups is 1. The van der Waals surface area contributed by atoms with Gasteiger partial charge in [-0.15, -0.1) is 0 Å². The molecule has 0 amide bonds. The van der Waals surface area contributed by atoms with Crippen LogP contribution >= 0.6 is 0 Å². The van der Waals surface area contributed by atoms with Gasteiger partial charge in [0.05, 0.1) is 11.1 Å².